The minimum Gasteiger partial charge on any atom is -0.726 e. The normalized spacial score (nSPS) is 40.0. The van der Waals surface area contributed by atoms with Crippen LogP contribution in [0.2, 0.25) is 0 Å². The number of aliphatic hydroxyl groups excluding tert-OH is 1. The first-order chi connectivity index (χ1) is 15.3. The first kappa shape index (κ1) is 30.8. The largest absolute Gasteiger partial charge is 1.00 e. The zero-order valence-corrected chi connectivity index (χ0v) is 25.2. The Hall–Kier alpha value is 0.570. The van der Waals surface area contributed by atoms with Gasteiger partial charge in [0.1, 0.15) is 0 Å². The van der Waals surface area contributed by atoms with Gasteiger partial charge in [-0.1, -0.05) is 65.5 Å². The number of allylic oxidation sites excluding steroid dienone is 1. The maximum absolute atomic E-state index is 10.2. The third-order valence-electron chi connectivity index (χ3n) is 10.3. The molecule has 0 bridgehead atoms. The Morgan fingerprint density at radius 2 is 1.71 bits per heavy atom. The molecular weight excluding hydrogens is 459 g/mol. The molecule has 4 aliphatic carbocycles. The Bertz CT molecular complexity index is 804. The van der Waals surface area contributed by atoms with E-state index in [2.05, 4.69) is 40.7 Å². The summed E-state index contributed by atoms with van der Waals surface area (Å²) in [4.78, 5) is 0. The fraction of sp³-hybridized carbons (Fsp3) is 0.926. The summed E-state index contributed by atoms with van der Waals surface area (Å²) in [6.07, 6.45) is 17.2. The van der Waals surface area contributed by atoms with E-state index in [4.69, 9.17) is 17.5 Å². The first-order valence-electron chi connectivity index (χ1n) is 13.3. The molecule has 3 fully saturated rings. The van der Waals surface area contributed by atoms with Crippen LogP contribution in [0.4, 0.5) is 0 Å². The molecule has 7 heteroatoms. The first-order valence-corrected chi connectivity index (χ1v) is 14.7. The minimum absolute atomic E-state index is 0. The summed E-state index contributed by atoms with van der Waals surface area (Å²) in [6, 6.07) is 0. The van der Waals surface area contributed by atoms with Gasteiger partial charge in [0.05, 0.1) is 6.10 Å². The maximum Gasteiger partial charge on any atom is 1.00 e. The molecule has 34 heavy (non-hydrogen) atoms. The Balaban J connectivity index is 0.000000619. The summed E-state index contributed by atoms with van der Waals surface area (Å²) in [7, 11) is -4.92. The summed E-state index contributed by atoms with van der Waals surface area (Å²) in [5, 5.41) is 10.2. The van der Waals surface area contributed by atoms with Crippen molar-refractivity contribution in [2.45, 2.75) is 111 Å². The van der Waals surface area contributed by atoms with Crippen LogP contribution in [0.25, 0.3) is 0 Å². The quantitative estimate of drug-likeness (QED) is 0.258. The van der Waals surface area contributed by atoms with Crippen molar-refractivity contribution in [3.8, 4) is 0 Å². The third-order valence-corrected chi connectivity index (χ3v) is 10.3. The van der Waals surface area contributed by atoms with Crippen molar-refractivity contribution in [1.82, 2.24) is 0 Å². The number of rotatable bonds is 5. The fourth-order valence-electron chi connectivity index (χ4n) is 8.67. The Morgan fingerprint density at radius 1 is 1.06 bits per heavy atom. The second-order valence-corrected chi connectivity index (χ2v) is 13.5. The van der Waals surface area contributed by atoms with Crippen LogP contribution in [-0.4, -0.2) is 28.7 Å². The van der Waals surface area contributed by atoms with Crippen molar-refractivity contribution in [2.24, 2.45) is 46.3 Å². The molecule has 1 unspecified atom stereocenters. The minimum atomic E-state index is -4.92. The second-order valence-electron chi connectivity index (χ2n) is 12.6. The van der Waals surface area contributed by atoms with E-state index >= 15 is 0 Å². The van der Waals surface area contributed by atoms with Crippen LogP contribution in [0.3, 0.4) is 0 Å². The molecule has 0 amide bonds. The predicted molar refractivity (Wildman–Crippen MR) is 131 cm³/mol. The molecule has 8 atom stereocenters. The van der Waals surface area contributed by atoms with Crippen molar-refractivity contribution in [3.63, 3.8) is 0 Å². The van der Waals surface area contributed by atoms with E-state index in [1.165, 1.54) is 57.8 Å². The molecule has 192 valence electrons. The molecule has 0 aromatic heterocycles. The summed E-state index contributed by atoms with van der Waals surface area (Å²) in [6.45, 7) is 12.6. The summed E-state index contributed by atoms with van der Waals surface area (Å²) in [5.41, 5.74) is 2.60. The SMILES string of the molecule is CC(C)CCC[C@@H](C)[C@H]1CCC2[C@H]3CC=C4C[C@@H](O)CC[C@]4(C)[C@@H]3CC[C@@]21C.O=S(=O)([O-])O.[Na+]. The van der Waals surface area contributed by atoms with Gasteiger partial charge < -0.3 is 9.66 Å². The van der Waals surface area contributed by atoms with Gasteiger partial charge in [0, 0.05) is 0 Å². The van der Waals surface area contributed by atoms with Crippen LogP contribution in [0.1, 0.15) is 105 Å². The Kier molecular flexibility index (Phi) is 10.8. The fourth-order valence-corrected chi connectivity index (χ4v) is 8.67. The van der Waals surface area contributed by atoms with Crippen LogP contribution in [0, 0.1) is 46.3 Å². The Morgan fingerprint density at radius 3 is 2.32 bits per heavy atom. The van der Waals surface area contributed by atoms with E-state index in [1.807, 2.05) is 0 Å². The standard InChI is InChI=1S/C27H46O.Na.H2O4S/c1-18(2)7-6-8-19(3)23-11-12-24-22-10-9-20-17-21(28)13-15-26(20,4)25(22)14-16-27(23,24)5;;1-5(2,3)4/h9,18-19,21-25,28H,6-8,10-17H2,1-5H3;;(H2,1,2,3,4)/q;+1;/p-1/t19-,21+,22-,23-,24?,25-,26+,27-;;/m1../s1. The van der Waals surface area contributed by atoms with Crippen molar-refractivity contribution in [2.75, 3.05) is 0 Å². The average molecular weight is 507 g/mol. The van der Waals surface area contributed by atoms with Gasteiger partial charge in [0.2, 0.25) is 10.4 Å². The van der Waals surface area contributed by atoms with E-state index in [9.17, 15) is 5.11 Å². The van der Waals surface area contributed by atoms with Crippen molar-refractivity contribution >= 4 is 10.4 Å². The molecule has 0 aromatic rings. The number of fused-ring (bicyclic) bond motifs is 5. The zero-order valence-electron chi connectivity index (χ0n) is 22.4. The predicted octanol–water partition coefficient (Wildman–Crippen LogP) is 3.40. The zero-order chi connectivity index (χ0) is 24.6. The molecule has 0 heterocycles. The van der Waals surface area contributed by atoms with E-state index in [0.717, 1.165) is 48.3 Å². The number of hydrogen-bond acceptors (Lipinski definition) is 4. The van der Waals surface area contributed by atoms with Gasteiger partial charge in [-0.05, 0) is 97.7 Å². The number of hydrogen-bond donors (Lipinski definition) is 2. The third kappa shape index (κ3) is 6.90. The molecule has 4 aliphatic rings. The molecule has 5 nitrogen and oxygen atoms in total. The van der Waals surface area contributed by atoms with E-state index < -0.39 is 10.4 Å². The smallest absolute Gasteiger partial charge is 0.726 e. The molecule has 0 aliphatic heterocycles. The van der Waals surface area contributed by atoms with Gasteiger partial charge in [-0.3, -0.25) is 4.55 Å². The maximum atomic E-state index is 10.2. The van der Waals surface area contributed by atoms with E-state index in [1.54, 1.807) is 5.57 Å². The number of aliphatic hydroxyl groups is 1. The van der Waals surface area contributed by atoms with Crippen molar-refractivity contribution in [1.29, 1.82) is 0 Å². The van der Waals surface area contributed by atoms with Crippen LogP contribution < -0.4 is 29.6 Å². The van der Waals surface area contributed by atoms with Gasteiger partial charge in [0.15, 0.2) is 0 Å². The topological polar surface area (TPSA) is 97.7 Å². The summed E-state index contributed by atoms with van der Waals surface area (Å²) >= 11 is 0. The van der Waals surface area contributed by atoms with Gasteiger partial charge >= 0.3 is 29.6 Å². The molecule has 0 aromatic carbocycles. The van der Waals surface area contributed by atoms with E-state index in [0.29, 0.717) is 10.8 Å². The van der Waals surface area contributed by atoms with E-state index in [-0.39, 0.29) is 35.7 Å². The van der Waals surface area contributed by atoms with Crippen LogP contribution in [-0.2, 0) is 10.4 Å². The Labute approximate surface area is 230 Å². The monoisotopic (exact) mass is 506 g/mol. The van der Waals surface area contributed by atoms with Gasteiger partial charge in [-0.25, -0.2) is 8.42 Å². The average Bonchev–Trinajstić information content (AvgIpc) is 3.04. The molecular formula is C27H47NaO5S. The van der Waals surface area contributed by atoms with Crippen LogP contribution in [0.5, 0.6) is 0 Å². The van der Waals surface area contributed by atoms with Gasteiger partial charge in [-0.2, -0.15) is 0 Å². The molecule has 0 radical (unpaired) electrons. The summed E-state index contributed by atoms with van der Waals surface area (Å²) < 4.78 is 32.8. The summed E-state index contributed by atoms with van der Waals surface area (Å²) in [5.74, 6) is 5.46. The molecule has 4 rings (SSSR count). The molecule has 0 saturated heterocycles. The van der Waals surface area contributed by atoms with Crippen LogP contribution >= 0.6 is 0 Å². The molecule has 2 N–H and O–H groups in total. The van der Waals surface area contributed by atoms with Crippen molar-refractivity contribution < 1.29 is 52.2 Å². The molecule has 0 spiro atoms. The second kappa shape index (κ2) is 12.0. The molecule has 3 saturated carbocycles. The van der Waals surface area contributed by atoms with Crippen molar-refractivity contribution in [3.05, 3.63) is 11.6 Å². The van der Waals surface area contributed by atoms with Gasteiger partial charge in [-0.15, -0.1) is 0 Å². The van der Waals surface area contributed by atoms with Crippen LogP contribution in [0.15, 0.2) is 11.6 Å². The van der Waals surface area contributed by atoms with Gasteiger partial charge in [0.25, 0.3) is 0 Å².